The number of halogens is 3. The lowest BCUT2D eigenvalue weighted by Gasteiger charge is -2.27. The third kappa shape index (κ3) is 8.30. The van der Waals surface area contributed by atoms with E-state index in [1.807, 2.05) is 73.8 Å². The minimum Gasteiger partial charge on any atom is -0.388 e. The number of fused-ring (bicyclic) bond motifs is 1. The summed E-state index contributed by atoms with van der Waals surface area (Å²) in [5, 5.41) is 33.5. The summed E-state index contributed by atoms with van der Waals surface area (Å²) in [6.45, 7) is 2.42. The molecule has 1 saturated carbocycles. The number of aliphatic hydroxyl groups excluding tert-OH is 2. The molecule has 19 heteroatoms. The number of aryl methyl sites for hydroxylation is 1. The third-order valence-corrected chi connectivity index (χ3v) is 11.0. The van der Waals surface area contributed by atoms with E-state index in [9.17, 15) is 33.0 Å². The lowest BCUT2D eigenvalue weighted by Crippen LogP contribution is -2.47. The number of alkyl halides is 3. The number of urea groups is 1. The molecule has 0 bridgehead atoms. The Morgan fingerprint density at radius 2 is 1.65 bits per heavy atom. The SMILES string of the molecule is CCc1cnn([C@H]2C[C@@H](n3cnc4c(NCC(c5ccccc5)c5ccccc5)nc(N5CC[C@@H](N(OC(=O)C(F)(F)F)C(=O)Nc6ccncc6)C5)nc43)[C@H](O)[C@@H]2O)c1. The van der Waals surface area contributed by atoms with Gasteiger partial charge in [0.05, 0.1) is 30.6 Å². The maximum atomic E-state index is 13.5. The van der Waals surface area contributed by atoms with Crippen LogP contribution in [-0.2, 0) is 16.1 Å². The first-order chi connectivity index (χ1) is 29.0. The number of rotatable bonds is 11. The summed E-state index contributed by atoms with van der Waals surface area (Å²) in [7, 11) is 0. The molecule has 0 spiro atoms. The summed E-state index contributed by atoms with van der Waals surface area (Å²) in [6.07, 6.45) is 1.27. The zero-order chi connectivity index (χ0) is 42.0. The van der Waals surface area contributed by atoms with Crippen molar-refractivity contribution in [3.05, 3.63) is 121 Å². The first-order valence-electron chi connectivity index (χ1n) is 19.5. The van der Waals surface area contributed by atoms with Crippen LogP contribution in [0.2, 0.25) is 0 Å². The molecule has 1 aliphatic carbocycles. The molecule has 5 heterocycles. The highest BCUT2D eigenvalue weighted by Crippen LogP contribution is 2.40. The minimum atomic E-state index is -5.37. The number of carbonyl (C=O) groups excluding carboxylic acids is 2. The highest BCUT2D eigenvalue weighted by molar-refractivity contribution is 5.90. The third-order valence-electron chi connectivity index (χ3n) is 11.0. The Balaban J connectivity index is 1.14. The second kappa shape index (κ2) is 16.9. The molecule has 1 saturated heterocycles. The van der Waals surface area contributed by atoms with Crippen LogP contribution in [0.5, 0.6) is 0 Å². The van der Waals surface area contributed by atoms with Gasteiger partial charge in [0, 0.05) is 49.8 Å². The summed E-state index contributed by atoms with van der Waals surface area (Å²) in [6, 6.07) is 19.4. The van der Waals surface area contributed by atoms with E-state index in [1.54, 1.807) is 20.3 Å². The van der Waals surface area contributed by atoms with E-state index < -0.39 is 48.5 Å². The maximum absolute atomic E-state index is 13.5. The summed E-state index contributed by atoms with van der Waals surface area (Å²) in [5.41, 5.74) is 4.00. The van der Waals surface area contributed by atoms with Crippen LogP contribution in [0, 0.1) is 0 Å². The second-order valence-corrected chi connectivity index (χ2v) is 14.7. The van der Waals surface area contributed by atoms with E-state index in [1.165, 1.54) is 30.9 Å². The van der Waals surface area contributed by atoms with E-state index in [0.717, 1.165) is 23.1 Å². The summed E-state index contributed by atoms with van der Waals surface area (Å²) < 4.78 is 43.8. The normalized spacial score (nSPS) is 20.4. The number of carbonyl (C=O) groups is 2. The van der Waals surface area contributed by atoms with E-state index in [-0.39, 0.29) is 37.1 Å². The van der Waals surface area contributed by atoms with Crippen LogP contribution in [0.4, 0.5) is 35.4 Å². The molecule has 0 radical (unpaired) electrons. The summed E-state index contributed by atoms with van der Waals surface area (Å²) in [5.74, 6) is -2.19. The van der Waals surface area contributed by atoms with Crippen LogP contribution < -0.4 is 15.5 Å². The molecule has 6 aromatic rings. The maximum Gasteiger partial charge on any atom is 0.493 e. The van der Waals surface area contributed by atoms with Crippen molar-refractivity contribution in [1.82, 2.24) is 39.3 Å². The number of nitrogens with one attached hydrogen (secondary N) is 2. The number of hydrogen-bond donors (Lipinski definition) is 4. The Kier molecular flexibility index (Phi) is 11.3. The van der Waals surface area contributed by atoms with Gasteiger partial charge in [0.1, 0.15) is 12.2 Å². The molecule has 4 N–H and O–H groups in total. The zero-order valence-corrected chi connectivity index (χ0v) is 32.3. The van der Waals surface area contributed by atoms with Gasteiger partial charge in [-0.3, -0.25) is 9.67 Å². The number of hydrogen-bond acceptors (Lipinski definition) is 12. The predicted molar refractivity (Wildman–Crippen MR) is 213 cm³/mol. The number of pyridine rings is 1. The largest absolute Gasteiger partial charge is 0.493 e. The van der Waals surface area contributed by atoms with Gasteiger partial charge in [0.25, 0.3) is 0 Å². The molecule has 16 nitrogen and oxygen atoms in total. The topological polar surface area (TPSA) is 189 Å². The standard InChI is InChI=1S/C41H42F3N11O5/c1-2-25-20-48-54(22-25)32-19-31(34(56)35(32)57)53-24-47-33-36(46-21-30(26-9-5-3-6-10-26)27-11-7-4-8-12-27)50-39(51-37(33)53)52-18-15-29(23-52)55(60-38(58)41(42,43)44)40(59)49-28-13-16-45-17-14-28/h3-14,16-17,20,22,24,29-32,34-35,56-57H,2,15,18-19,21,23H2,1H3,(H,45,49,59)(H,46,50,51)/t29-,31-,32+,34+,35-/m1/s1. The second-order valence-electron chi connectivity index (χ2n) is 14.7. The Labute approximate surface area is 341 Å². The molecular weight excluding hydrogens is 784 g/mol. The molecule has 1 aliphatic heterocycles. The van der Waals surface area contributed by atoms with Crippen LogP contribution in [0.1, 0.15) is 54.5 Å². The molecular formula is C41H42F3N11O5. The summed E-state index contributed by atoms with van der Waals surface area (Å²) in [4.78, 5) is 50.2. The van der Waals surface area contributed by atoms with Crippen LogP contribution in [-0.4, -0.2) is 106 Å². The number of benzene rings is 2. The first-order valence-corrected chi connectivity index (χ1v) is 19.5. The fraction of sp³-hybridized carbons (Fsp3) is 0.341. The molecule has 312 valence electrons. The molecule has 5 atom stereocenters. The van der Waals surface area contributed by atoms with Crippen molar-refractivity contribution in [3.8, 4) is 0 Å². The number of aromatic nitrogens is 7. The quantitative estimate of drug-likeness (QED) is 0.124. The van der Waals surface area contributed by atoms with Crippen molar-refractivity contribution in [2.24, 2.45) is 0 Å². The molecule has 60 heavy (non-hydrogen) atoms. The monoisotopic (exact) mass is 825 g/mol. The molecule has 2 aromatic carbocycles. The van der Waals surface area contributed by atoms with Crippen molar-refractivity contribution in [3.63, 3.8) is 0 Å². The van der Waals surface area contributed by atoms with Crippen molar-refractivity contribution in [2.45, 2.75) is 68.6 Å². The van der Waals surface area contributed by atoms with Gasteiger partial charge in [-0.05, 0) is 48.1 Å². The molecule has 0 unspecified atom stereocenters. The average Bonchev–Trinajstić information content (AvgIpc) is 4.08. The van der Waals surface area contributed by atoms with Gasteiger partial charge in [-0.1, -0.05) is 67.6 Å². The fourth-order valence-corrected chi connectivity index (χ4v) is 7.83. The molecule has 2 amide bonds. The Morgan fingerprint density at radius 1 is 0.967 bits per heavy atom. The van der Waals surface area contributed by atoms with Crippen LogP contribution in [0.3, 0.4) is 0 Å². The zero-order valence-electron chi connectivity index (χ0n) is 32.3. The molecule has 8 rings (SSSR count). The average molecular weight is 826 g/mol. The van der Waals surface area contributed by atoms with E-state index in [4.69, 9.17) is 19.8 Å². The van der Waals surface area contributed by atoms with Crippen molar-refractivity contribution >= 4 is 40.6 Å². The number of nitrogens with zero attached hydrogens (tertiary/aromatic N) is 9. The fourth-order valence-electron chi connectivity index (χ4n) is 7.83. The number of hydroxylamine groups is 2. The Hall–Kier alpha value is -6.60. The number of aliphatic hydroxyl groups is 2. The van der Waals surface area contributed by atoms with E-state index in [2.05, 4.69) is 20.7 Å². The van der Waals surface area contributed by atoms with E-state index in [0.29, 0.717) is 35.0 Å². The van der Waals surface area contributed by atoms with Gasteiger partial charge in [-0.2, -0.15) is 28.2 Å². The molecule has 4 aromatic heterocycles. The smallest absolute Gasteiger partial charge is 0.388 e. The van der Waals surface area contributed by atoms with Crippen molar-refractivity contribution < 1.29 is 37.8 Å². The van der Waals surface area contributed by atoms with Gasteiger partial charge in [0.15, 0.2) is 17.0 Å². The van der Waals surface area contributed by atoms with Crippen LogP contribution in [0.25, 0.3) is 11.2 Å². The summed E-state index contributed by atoms with van der Waals surface area (Å²) >= 11 is 0. The number of anilines is 3. The van der Waals surface area contributed by atoms with Gasteiger partial charge < -0.3 is 35.2 Å². The lowest BCUT2D eigenvalue weighted by molar-refractivity contribution is -0.232. The highest BCUT2D eigenvalue weighted by atomic mass is 19.4. The molecule has 2 fully saturated rings. The van der Waals surface area contributed by atoms with Crippen LogP contribution in [0.15, 0.2) is 104 Å². The first kappa shape index (κ1) is 40.2. The van der Waals surface area contributed by atoms with Gasteiger partial charge in [-0.25, -0.2) is 14.6 Å². The van der Waals surface area contributed by atoms with Crippen molar-refractivity contribution in [2.75, 3.05) is 35.2 Å². The van der Waals surface area contributed by atoms with E-state index >= 15 is 0 Å². The number of amides is 2. The lowest BCUT2D eigenvalue weighted by atomic mass is 9.91. The minimum absolute atomic E-state index is 0.0846. The Bertz CT molecular complexity index is 2380. The predicted octanol–water partition coefficient (Wildman–Crippen LogP) is 5.27. The van der Waals surface area contributed by atoms with Crippen LogP contribution >= 0.6 is 0 Å². The van der Waals surface area contributed by atoms with Gasteiger partial charge in [-0.15, -0.1) is 5.06 Å². The highest BCUT2D eigenvalue weighted by Gasteiger charge is 2.47. The molecule has 2 aliphatic rings. The Morgan fingerprint density at radius 3 is 2.30 bits per heavy atom. The van der Waals surface area contributed by atoms with Gasteiger partial charge in [0.2, 0.25) is 5.95 Å². The number of imidazole rings is 1. The van der Waals surface area contributed by atoms with Crippen molar-refractivity contribution in [1.29, 1.82) is 0 Å². The van der Waals surface area contributed by atoms with Gasteiger partial charge >= 0.3 is 18.2 Å².